The Morgan fingerprint density at radius 3 is 2.30 bits per heavy atom. The van der Waals surface area contributed by atoms with Crippen LogP contribution in [0.15, 0.2) is 30.5 Å². The predicted molar refractivity (Wildman–Crippen MR) is 183 cm³/mol. The summed E-state index contributed by atoms with van der Waals surface area (Å²) in [5, 5.41) is 1.86. The monoisotopic (exact) mass is 646 g/mol. The number of aromatic nitrogens is 1. The van der Waals surface area contributed by atoms with Gasteiger partial charge in [-0.25, -0.2) is 4.98 Å². The second kappa shape index (κ2) is 14.8. The molecular formula is C39H54N2O6. The molecule has 1 aliphatic carbocycles. The summed E-state index contributed by atoms with van der Waals surface area (Å²) in [6.07, 6.45) is 5.04. The van der Waals surface area contributed by atoms with Gasteiger partial charge in [0.15, 0.2) is 11.6 Å². The number of amides is 1. The molecule has 2 heterocycles. The van der Waals surface area contributed by atoms with E-state index >= 15 is 0 Å². The number of ketones is 4. The first-order chi connectivity index (χ1) is 22.0. The highest BCUT2D eigenvalue weighted by Crippen LogP contribution is 2.37. The van der Waals surface area contributed by atoms with E-state index in [-0.39, 0.29) is 66.8 Å². The summed E-state index contributed by atoms with van der Waals surface area (Å²) < 4.78 is 6.46. The third-order valence-corrected chi connectivity index (χ3v) is 9.59. The fourth-order valence-electron chi connectivity index (χ4n) is 6.84. The van der Waals surface area contributed by atoms with Crippen LogP contribution in [0.25, 0.3) is 10.8 Å². The molecule has 0 N–H and O–H groups in total. The Bertz CT molecular complexity index is 1500. The molecule has 8 heteroatoms. The molecule has 0 radical (unpaired) electrons. The maximum absolute atomic E-state index is 14.5. The smallest absolute Gasteiger partial charge is 0.227 e. The van der Waals surface area contributed by atoms with Gasteiger partial charge in [0.05, 0.1) is 12.6 Å². The van der Waals surface area contributed by atoms with Crippen molar-refractivity contribution >= 4 is 39.8 Å². The van der Waals surface area contributed by atoms with Crippen molar-refractivity contribution in [3.63, 3.8) is 0 Å². The fraction of sp³-hybridized carbons (Fsp3) is 0.641. The first-order valence-corrected chi connectivity index (χ1v) is 17.4. The van der Waals surface area contributed by atoms with Crippen molar-refractivity contribution in [1.82, 2.24) is 9.88 Å². The second-order valence-electron chi connectivity index (χ2n) is 16.3. The van der Waals surface area contributed by atoms with Crippen molar-refractivity contribution in [1.29, 1.82) is 0 Å². The van der Waals surface area contributed by atoms with E-state index in [4.69, 9.17) is 4.74 Å². The molecule has 0 spiro atoms. The molecule has 1 aliphatic heterocycles. The number of carbonyl (C=O) groups is 5. The lowest BCUT2D eigenvalue weighted by Gasteiger charge is -2.35. The highest BCUT2D eigenvalue weighted by atomic mass is 16.5. The van der Waals surface area contributed by atoms with Gasteiger partial charge in [-0.1, -0.05) is 67.0 Å². The molecule has 2 aliphatic rings. The maximum atomic E-state index is 14.5. The van der Waals surface area contributed by atoms with Gasteiger partial charge in [-0.15, -0.1) is 0 Å². The van der Waals surface area contributed by atoms with E-state index in [1.807, 2.05) is 79.7 Å². The van der Waals surface area contributed by atoms with Gasteiger partial charge in [0.1, 0.15) is 11.9 Å². The van der Waals surface area contributed by atoms with Crippen LogP contribution >= 0.6 is 0 Å². The number of likely N-dealkylation sites (tertiary alicyclic amines) is 1. The first kappa shape index (κ1) is 36.4. The number of fused-ring (bicyclic) bond motifs is 1. The largest absolute Gasteiger partial charge is 0.472 e. The van der Waals surface area contributed by atoms with E-state index in [0.29, 0.717) is 25.1 Å². The summed E-state index contributed by atoms with van der Waals surface area (Å²) in [5.41, 5.74) is 0.332. The van der Waals surface area contributed by atoms with E-state index in [1.165, 1.54) is 0 Å². The number of pyridine rings is 1. The Hall–Kier alpha value is -3.42. The highest BCUT2D eigenvalue weighted by Gasteiger charge is 2.46. The summed E-state index contributed by atoms with van der Waals surface area (Å²) in [7, 11) is 0. The van der Waals surface area contributed by atoms with Crippen molar-refractivity contribution in [3.8, 4) is 5.88 Å². The molecule has 4 rings (SSSR count). The first-order valence-electron chi connectivity index (χ1n) is 17.4. The molecule has 1 saturated heterocycles. The summed E-state index contributed by atoms with van der Waals surface area (Å²) >= 11 is 0. The number of aryl methyl sites for hydroxylation is 1. The number of Topliss-reactive ketones (excluding diaryl/α,β-unsaturated/α-hetero) is 4. The van der Waals surface area contributed by atoms with Gasteiger partial charge in [-0.3, -0.25) is 24.0 Å². The van der Waals surface area contributed by atoms with Crippen molar-refractivity contribution < 1.29 is 28.7 Å². The fourth-order valence-corrected chi connectivity index (χ4v) is 6.84. The summed E-state index contributed by atoms with van der Waals surface area (Å²) in [6.45, 7) is 16.0. The zero-order valence-electron chi connectivity index (χ0n) is 29.7. The minimum absolute atomic E-state index is 0.0127. The van der Waals surface area contributed by atoms with Crippen LogP contribution in [0.5, 0.6) is 5.88 Å². The predicted octanol–water partition coefficient (Wildman–Crippen LogP) is 7.26. The standard InChI is InChI=1S/C39H54N2O6/c1-9-11-26(35(45)34(44)18-25-14-15-25)19-33(43)32-21-28(47-36-30-13-10-12-24(2)29(30)16-17-40-36)23-41(32)37(46)31(39(6,7)8)20-27(42)22-38(3,4)5/h10,12-13,16-17,25-26,28,31-32H,9,11,14-15,18-23H2,1-8H3/t26-,28-,31-,32+/m1/s1. The Balaban J connectivity index is 1.63. The normalized spacial score (nSPS) is 19.8. The van der Waals surface area contributed by atoms with Crippen molar-refractivity contribution in [2.24, 2.45) is 28.6 Å². The van der Waals surface area contributed by atoms with Gasteiger partial charge < -0.3 is 9.64 Å². The zero-order valence-corrected chi connectivity index (χ0v) is 29.7. The van der Waals surface area contributed by atoms with Crippen LogP contribution in [0.3, 0.4) is 0 Å². The number of carbonyl (C=O) groups excluding carboxylic acids is 5. The molecule has 8 nitrogen and oxygen atoms in total. The number of hydrogen-bond acceptors (Lipinski definition) is 7. The summed E-state index contributed by atoms with van der Waals surface area (Å²) in [4.78, 5) is 74.0. The lowest BCUT2D eigenvalue weighted by Crippen LogP contribution is -2.48. The lowest BCUT2D eigenvalue weighted by atomic mass is 9.75. The molecular weight excluding hydrogens is 592 g/mol. The van der Waals surface area contributed by atoms with Crippen LogP contribution in [0.1, 0.15) is 112 Å². The molecule has 2 aromatic rings. The van der Waals surface area contributed by atoms with E-state index in [0.717, 1.165) is 29.2 Å². The number of rotatable bonds is 15. The molecule has 4 atom stereocenters. The van der Waals surface area contributed by atoms with Crippen LogP contribution in [0, 0.1) is 35.5 Å². The molecule has 47 heavy (non-hydrogen) atoms. The minimum atomic E-state index is -0.836. The number of hydrogen-bond donors (Lipinski definition) is 0. The van der Waals surface area contributed by atoms with E-state index in [9.17, 15) is 24.0 Å². The average molecular weight is 647 g/mol. The number of ether oxygens (including phenoxy) is 1. The average Bonchev–Trinajstić information content (AvgIpc) is 3.69. The van der Waals surface area contributed by atoms with Crippen LogP contribution in [-0.2, 0) is 24.0 Å². The third-order valence-electron chi connectivity index (χ3n) is 9.59. The number of benzene rings is 1. The SMILES string of the molecule is CCC[C@H](CC(=O)[C@@H]1C[C@@H](Oc2nccc3c(C)cccc23)CN1C(=O)[C@@H](CC(=O)CC(C)(C)C)C(C)(C)C)C(=O)C(=O)CC1CC1. The Morgan fingerprint density at radius 1 is 0.979 bits per heavy atom. The van der Waals surface area contributed by atoms with Crippen LogP contribution in [0.2, 0.25) is 0 Å². The summed E-state index contributed by atoms with van der Waals surface area (Å²) in [5.74, 6) is -1.96. The van der Waals surface area contributed by atoms with Gasteiger partial charge in [0.2, 0.25) is 17.6 Å². The topological polar surface area (TPSA) is 111 Å². The third kappa shape index (κ3) is 9.57. The molecule has 256 valence electrons. The molecule has 1 amide bonds. The summed E-state index contributed by atoms with van der Waals surface area (Å²) in [6, 6.07) is 7.01. The quantitative estimate of drug-likeness (QED) is 0.187. The van der Waals surface area contributed by atoms with E-state index < -0.39 is 35.2 Å². The van der Waals surface area contributed by atoms with E-state index in [1.54, 1.807) is 11.1 Å². The van der Waals surface area contributed by atoms with Crippen molar-refractivity contribution in [2.45, 2.75) is 125 Å². The molecule has 1 aromatic heterocycles. The van der Waals surface area contributed by atoms with E-state index in [2.05, 4.69) is 4.98 Å². The van der Waals surface area contributed by atoms with Gasteiger partial charge in [0, 0.05) is 55.5 Å². The number of nitrogens with zero attached hydrogens (tertiary/aromatic N) is 2. The second-order valence-corrected chi connectivity index (χ2v) is 16.3. The molecule has 2 fully saturated rings. The van der Waals surface area contributed by atoms with Gasteiger partial charge >= 0.3 is 0 Å². The Morgan fingerprint density at radius 2 is 1.68 bits per heavy atom. The maximum Gasteiger partial charge on any atom is 0.227 e. The van der Waals surface area contributed by atoms with Crippen LogP contribution in [-0.4, -0.2) is 57.6 Å². The minimum Gasteiger partial charge on any atom is -0.472 e. The van der Waals surface area contributed by atoms with Crippen molar-refractivity contribution in [3.05, 3.63) is 36.0 Å². The van der Waals surface area contributed by atoms with Crippen LogP contribution in [0.4, 0.5) is 0 Å². The molecule has 1 aromatic carbocycles. The van der Waals surface area contributed by atoms with Gasteiger partial charge in [-0.2, -0.15) is 0 Å². The highest BCUT2D eigenvalue weighted by molar-refractivity contribution is 6.38. The van der Waals surface area contributed by atoms with Crippen LogP contribution < -0.4 is 4.74 Å². The van der Waals surface area contributed by atoms with Crippen molar-refractivity contribution in [2.75, 3.05) is 6.54 Å². The Kier molecular flexibility index (Phi) is 11.5. The lowest BCUT2D eigenvalue weighted by molar-refractivity contribution is -0.146. The molecule has 0 unspecified atom stereocenters. The zero-order chi connectivity index (χ0) is 34.7. The Labute approximate surface area is 280 Å². The van der Waals surface area contributed by atoms with Gasteiger partial charge in [0.25, 0.3) is 0 Å². The molecule has 1 saturated carbocycles. The molecule has 0 bridgehead atoms. The van der Waals surface area contributed by atoms with Gasteiger partial charge in [-0.05, 0) is 66.0 Å².